The molecule has 1 aromatic rings. The summed E-state index contributed by atoms with van der Waals surface area (Å²) in [6.45, 7) is 0.764. The van der Waals surface area contributed by atoms with Crippen molar-refractivity contribution in [2.45, 2.75) is 6.54 Å². The Bertz CT molecular complexity index is 605. The maximum Gasteiger partial charge on any atom is 0.164 e. The predicted molar refractivity (Wildman–Crippen MR) is 72.7 cm³/mol. The molecule has 2 heterocycles. The van der Waals surface area contributed by atoms with Crippen molar-refractivity contribution in [1.29, 1.82) is 0 Å². The maximum absolute atomic E-state index is 4.32. The number of nitrogens with zero attached hydrogens (tertiary/aromatic N) is 4. The van der Waals surface area contributed by atoms with Crippen molar-refractivity contribution in [1.82, 2.24) is 19.5 Å². The summed E-state index contributed by atoms with van der Waals surface area (Å²) >= 11 is 2.18. The van der Waals surface area contributed by atoms with E-state index in [4.69, 9.17) is 0 Å². The highest BCUT2D eigenvalue weighted by atomic mass is 127. The normalized spacial score (nSPS) is 10.9. The number of benzene rings is 1. The molecule has 0 fully saturated rings. The smallest absolute Gasteiger partial charge is 0.164 e. The van der Waals surface area contributed by atoms with Gasteiger partial charge in [-0.05, 0) is 28.2 Å². The first-order valence-electron chi connectivity index (χ1n) is 5.20. The van der Waals surface area contributed by atoms with E-state index >= 15 is 0 Å². The van der Waals surface area contributed by atoms with E-state index in [1.165, 1.54) is 5.56 Å². The summed E-state index contributed by atoms with van der Waals surface area (Å²) in [4.78, 5) is 12.8. The van der Waals surface area contributed by atoms with Crippen LogP contribution in [0.4, 0.5) is 0 Å². The van der Waals surface area contributed by atoms with Crippen molar-refractivity contribution in [3.63, 3.8) is 0 Å². The van der Waals surface area contributed by atoms with Gasteiger partial charge in [-0.2, -0.15) is 0 Å². The largest absolute Gasteiger partial charge is 0.311 e. The molecule has 0 aromatic heterocycles. The molecule has 0 N–H and O–H groups in total. The molecule has 0 saturated heterocycles. The van der Waals surface area contributed by atoms with Gasteiger partial charge in [-0.3, -0.25) is 0 Å². The van der Waals surface area contributed by atoms with Crippen LogP contribution in [0.1, 0.15) is 5.56 Å². The minimum absolute atomic E-state index is 0.764. The van der Waals surface area contributed by atoms with E-state index in [0.717, 1.165) is 21.8 Å². The minimum atomic E-state index is 0.764. The van der Waals surface area contributed by atoms with E-state index in [9.17, 15) is 0 Å². The topological polar surface area (TPSA) is 43.6 Å². The third-order valence-electron chi connectivity index (χ3n) is 2.55. The molecule has 2 aliphatic heterocycles. The number of aromatic nitrogens is 4. The zero-order chi connectivity index (χ0) is 11.7. The van der Waals surface area contributed by atoms with E-state index in [2.05, 4.69) is 49.7 Å². The lowest BCUT2D eigenvalue weighted by Gasteiger charge is -2.10. The highest BCUT2D eigenvalue weighted by Crippen LogP contribution is 2.21. The Kier molecular flexibility index (Phi) is 2.76. The highest BCUT2D eigenvalue weighted by Gasteiger charge is 2.14. The number of hydrogen-bond donors (Lipinski definition) is 0. The maximum atomic E-state index is 4.32. The van der Waals surface area contributed by atoms with Crippen LogP contribution in [-0.2, 0) is 6.54 Å². The summed E-state index contributed by atoms with van der Waals surface area (Å²) in [5.41, 5.74) is 2.09. The van der Waals surface area contributed by atoms with Crippen LogP contribution in [0.3, 0.4) is 0 Å². The van der Waals surface area contributed by atoms with Gasteiger partial charge in [-0.25, -0.2) is 15.0 Å². The summed E-state index contributed by atoms with van der Waals surface area (Å²) < 4.78 is 2.90. The van der Waals surface area contributed by atoms with Crippen LogP contribution in [-0.4, -0.2) is 19.5 Å². The molecule has 3 rings (SSSR count). The molecule has 0 saturated carbocycles. The molecule has 1 aromatic carbocycles. The number of fused-ring (bicyclic) bond motifs is 1. The zero-order valence-corrected chi connectivity index (χ0v) is 11.1. The summed E-state index contributed by atoms with van der Waals surface area (Å²) in [7, 11) is 0. The number of imidazole rings is 1. The Hall–Kier alpha value is -1.50. The summed E-state index contributed by atoms with van der Waals surface area (Å²) in [6, 6.07) is 10.3. The van der Waals surface area contributed by atoms with Crippen molar-refractivity contribution < 1.29 is 0 Å². The first-order valence-corrected chi connectivity index (χ1v) is 6.28. The summed E-state index contributed by atoms with van der Waals surface area (Å²) in [5.74, 6) is 0.883. The molecule has 0 unspecified atom stereocenters. The van der Waals surface area contributed by atoms with E-state index < -0.39 is 0 Å². The number of rotatable bonds is 2. The number of halogens is 1. The van der Waals surface area contributed by atoms with Gasteiger partial charge in [-0.15, -0.1) is 0 Å². The number of hydrogen-bond acceptors (Lipinski definition) is 3. The van der Waals surface area contributed by atoms with Gasteiger partial charge in [0, 0.05) is 0 Å². The molecular weight excluding hydrogens is 327 g/mol. The molecule has 0 bridgehead atoms. The molecule has 0 radical (unpaired) electrons. The molecule has 0 atom stereocenters. The zero-order valence-electron chi connectivity index (χ0n) is 8.92. The molecule has 0 amide bonds. The second kappa shape index (κ2) is 4.40. The lowest BCUT2D eigenvalue weighted by molar-refractivity contribution is 0.756. The fourth-order valence-corrected chi connectivity index (χ4v) is 2.25. The third kappa shape index (κ3) is 2.02. The summed E-state index contributed by atoms with van der Waals surface area (Å²) in [6.07, 6.45) is 3.39. The van der Waals surface area contributed by atoms with Gasteiger partial charge >= 0.3 is 0 Å². The van der Waals surface area contributed by atoms with Gasteiger partial charge in [0.15, 0.2) is 5.82 Å². The Morgan fingerprint density at radius 2 is 1.88 bits per heavy atom. The van der Waals surface area contributed by atoms with E-state index in [-0.39, 0.29) is 0 Å². The minimum Gasteiger partial charge on any atom is -0.311 e. The predicted octanol–water partition coefficient (Wildman–Crippen LogP) is 2.43. The van der Waals surface area contributed by atoms with E-state index in [1.54, 1.807) is 6.33 Å². The summed E-state index contributed by atoms with van der Waals surface area (Å²) in [5, 5.41) is 0. The van der Waals surface area contributed by atoms with Crippen molar-refractivity contribution in [2.75, 3.05) is 0 Å². The van der Waals surface area contributed by atoms with Crippen LogP contribution in [0.2, 0.25) is 0 Å². The van der Waals surface area contributed by atoms with Crippen molar-refractivity contribution in [2.24, 2.45) is 0 Å². The SMILES string of the molecule is Ic1ncn(Cc2ccccc2)c2ncnc1-2. The fraction of sp³-hybridized carbons (Fsp3) is 0.0833. The van der Waals surface area contributed by atoms with Crippen LogP contribution in [0.15, 0.2) is 43.0 Å². The second-order valence-corrected chi connectivity index (χ2v) is 4.72. The average molecular weight is 336 g/mol. The Labute approximate surface area is 112 Å². The van der Waals surface area contributed by atoms with Crippen LogP contribution >= 0.6 is 22.6 Å². The Balaban J connectivity index is 2.02. The lowest BCUT2D eigenvalue weighted by Crippen LogP contribution is -2.08. The van der Waals surface area contributed by atoms with Crippen LogP contribution in [0.25, 0.3) is 11.5 Å². The lowest BCUT2D eigenvalue weighted by atomic mass is 10.2. The van der Waals surface area contributed by atoms with Gasteiger partial charge in [0.25, 0.3) is 0 Å². The first kappa shape index (κ1) is 10.6. The van der Waals surface area contributed by atoms with E-state index in [1.807, 2.05) is 29.1 Å². The molecule has 5 heteroatoms. The average Bonchev–Trinajstić information content (AvgIpc) is 2.84. The first-order chi connectivity index (χ1) is 8.34. The van der Waals surface area contributed by atoms with Gasteiger partial charge in [0.1, 0.15) is 15.7 Å². The van der Waals surface area contributed by atoms with Gasteiger partial charge in [0.05, 0.1) is 12.9 Å². The quantitative estimate of drug-likeness (QED) is 0.533. The van der Waals surface area contributed by atoms with Crippen molar-refractivity contribution >= 4 is 22.6 Å². The molecular formula is C12H9IN4. The monoisotopic (exact) mass is 336 g/mol. The Morgan fingerprint density at radius 3 is 2.71 bits per heavy atom. The molecule has 2 aliphatic rings. The molecule has 4 nitrogen and oxygen atoms in total. The third-order valence-corrected chi connectivity index (χ3v) is 3.34. The molecule has 0 spiro atoms. The highest BCUT2D eigenvalue weighted by molar-refractivity contribution is 14.1. The van der Waals surface area contributed by atoms with Gasteiger partial charge < -0.3 is 4.57 Å². The van der Waals surface area contributed by atoms with Crippen LogP contribution < -0.4 is 0 Å². The molecule has 0 aliphatic carbocycles. The van der Waals surface area contributed by atoms with Crippen LogP contribution in [0, 0.1) is 3.70 Å². The second-order valence-electron chi connectivity index (χ2n) is 3.69. The molecule has 84 valence electrons. The van der Waals surface area contributed by atoms with Crippen LogP contribution in [0.5, 0.6) is 0 Å². The van der Waals surface area contributed by atoms with Crippen molar-refractivity contribution in [3.05, 3.63) is 52.3 Å². The van der Waals surface area contributed by atoms with Crippen molar-refractivity contribution in [3.8, 4) is 11.5 Å². The van der Waals surface area contributed by atoms with Gasteiger partial charge in [0.2, 0.25) is 0 Å². The standard InChI is InChI=1S/C12H9IN4/c13-11-10-12(15-7-14-10)17(8-16-11)6-9-4-2-1-3-5-9/h1-5,7-8H,6H2. The Morgan fingerprint density at radius 1 is 1.06 bits per heavy atom. The van der Waals surface area contributed by atoms with Gasteiger partial charge in [-0.1, -0.05) is 30.3 Å². The van der Waals surface area contributed by atoms with E-state index in [0.29, 0.717) is 0 Å². The fourth-order valence-electron chi connectivity index (χ4n) is 1.75. The molecule has 17 heavy (non-hydrogen) atoms.